The van der Waals surface area contributed by atoms with Crippen LogP contribution in [0.3, 0.4) is 0 Å². The molecule has 2 aromatic rings. The Bertz CT molecular complexity index is 722. The molecular formula is C17H21N3O4. The minimum Gasteiger partial charge on any atom is -0.481 e. The molecule has 0 saturated carbocycles. The van der Waals surface area contributed by atoms with Gasteiger partial charge in [-0.05, 0) is 31.4 Å². The van der Waals surface area contributed by atoms with Crippen molar-refractivity contribution in [2.24, 2.45) is 0 Å². The summed E-state index contributed by atoms with van der Waals surface area (Å²) in [6.07, 6.45) is 3.04. The van der Waals surface area contributed by atoms with E-state index in [0.29, 0.717) is 37.5 Å². The topological polar surface area (TPSA) is 84.8 Å². The fraction of sp³-hybridized carbons (Fsp3) is 0.471. The summed E-state index contributed by atoms with van der Waals surface area (Å²) in [4.78, 5) is 21.7. The number of unbranched alkanes of at least 4 members (excludes halogenated alkanes) is 1. The lowest BCUT2D eigenvalue weighted by molar-refractivity contribution is 0.154. The number of hydrogen-bond acceptors (Lipinski definition) is 6. The quantitative estimate of drug-likeness (QED) is 0.784. The van der Waals surface area contributed by atoms with E-state index in [1.807, 2.05) is 6.07 Å². The molecule has 7 nitrogen and oxygen atoms in total. The van der Waals surface area contributed by atoms with E-state index in [1.165, 1.54) is 0 Å². The molecule has 1 N–H and O–H groups in total. The van der Waals surface area contributed by atoms with Crippen LogP contribution in [0.25, 0.3) is 11.0 Å². The zero-order valence-corrected chi connectivity index (χ0v) is 13.6. The Hall–Kier alpha value is -2.41. The molecule has 24 heavy (non-hydrogen) atoms. The van der Waals surface area contributed by atoms with Gasteiger partial charge < -0.3 is 19.5 Å². The number of methoxy groups -OCH3 is 1. The average molecular weight is 331 g/mol. The number of hydrogen-bond donors (Lipinski definition) is 1. The summed E-state index contributed by atoms with van der Waals surface area (Å²) >= 11 is 0. The number of rotatable bonds is 7. The Balaban J connectivity index is 1.61. The Morgan fingerprint density at radius 2 is 2.25 bits per heavy atom. The number of pyridine rings is 2. The van der Waals surface area contributed by atoms with Crippen molar-refractivity contribution in [3.63, 3.8) is 0 Å². The van der Waals surface area contributed by atoms with Gasteiger partial charge in [0.2, 0.25) is 5.88 Å². The molecule has 1 aliphatic heterocycles. The predicted octanol–water partition coefficient (Wildman–Crippen LogP) is 2.29. The summed E-state index contributed by atoms with van der Waals surface area (Å²) in [6, 6.07) is 5.37. The van der Waals surface area contributed by atoms with Crippen LogP contribution in [0.1, 0.15) is 30.9 Å². The number of aromatic nitrogens is 2. The van der Waals surface area contributed by atoms with Gasteiger partial charge in [0.25, 0.3) is 0 Å². The summed E-state index contributed by atoms with van der Waals surface area (Å²) in [6.45, 7) is 1.78. The van der Waals surface area contributed by atoms with Gasteiger partial charge in [-0.2, -0.15) is 0 Å². The van der Waals surface area contributed by atoms with Crippen molar-refractivity contribution in [1.82, 2.24) is 14.9 Å². The fourth-order valence-electron chi connectivity index (χ4n) is 2.83. The molecule has 1 unspecified atom stereocenters. The van der Waals surface area contributed by atoms with Gasteiger partial charge in [-0.15, -0.1) is 0 Å². The molecule has 0 radical (unpaired) electrons. The molecule has 7 heteroatoms. The summed E-state index contributed by atoms with van der Waals surface area (Å²) in [7, 11) is 1.56. The maximum Gasteiger partial charge on any atom is 0.409 e. The van der Waals surface area contributed by atoms with Crippen LogP contribution in [0.2, 0.25) is 0 Å². The molecule has 0 bridgehead atoms. The zero-order chi connectivity index (χ0) is 16.9. The minimum absolute atomic E-state index is 0.244. The minimum atomic E-state index is -0.624. The van der Waals surface area contributed by atoms with E-state index in [9.17, 15) is 9.90 Å². The molecule has 0 spiro atoms. The van der Waals surface area contributed by atoms with Gasteiger partial charge in [0, 0.05) is 24.4 Å². The third-order valence-corrected chi connectivity index (χ3v) is 4.16. The monoisotopic (exact) mass is 331 g/mol. The highest BCUT2D eigenvalue weighted by Crippen LogP contribution is 2.26. The largest absolute Gasteiger partial charge is 0.481 e. The van der Waals surface area contributed by atoms with Crippen LogP contribution < -0.4 is 4.74 Å². The van der Waals surface area contributed by atoms with Crippen molar-refractivity contribution in [1.29, 1.82) is 0 Å². The number of carbonyl (C=O) groups excluding carboxylic acids is 1. The van der Waals surface area contributed by atoms with Gasteiger partial charge in [-0.25, -0.2) is 9.78 Å². The molecule has 0 aliphatic carbocycles. The number of nitrogens with zero attached hydrogens (tertiary/aromatic N) is 3. The van der Waals surface area contributed by atoms with E-state index in [1.54, 1.807) is 30.3 Å². The molecule has 1 saturated heterocycles. The highest BCUT2D eigenvalue weighted by atomic mass is 16.6. The van der Waals surface area contributed by atoms with Gasteiger partial charge in [-0.1, -0.05) is 0 Å². The Morgan fingerprint density at radius 1 is 1.38 bits per heavy atom. The van der Waals surface area contributed by atoms with E-state index >= 15 is 0 Å². The maximum atomic E-state index is 11.4. The van der Waals surface area contributed by atoms with Crippen molar-refractivity contribution in [3.05, 3.63) is 30.0 Å². The maximum absolute atomic E-state index is 11.4. The SMILES string of the molecule is COc1ccc2nccc(C(O)CCCCN3CCOC3=O)c2n1. The average Bonchev–Trinajstić information content (AvgIpc) is 3.02. The predicted molar refractivity (Wildman–Crippen MR) is 87.8 cm³/mol. The number of aliphatic hydroxyl groups excluding tert-OH is 1. The van der Waals surface area contributed by atoms with Gasteiger partial charge in [0.15, 0.2) is 0 Å². The van der Waals surface area contributed by atoms with Crippen molar-refractivity contribution < 1.29 is 19.4 Å². The number of aliphatic hydroxyl groups is 1. The second kappa shape index (κ2) is 7.44. The molecule has 1 aliphatic rings. The molecule has 3 heterocycles. The number of amides is 1. The third-order valence-electron chi connectivity index (χ3n) is 4.16. The molecule has 128 valence electrons. The van der Waals surface area contributed by atoms with Gasteiger partial charge in [-0.3, -0.25) is 4.98 Å². The van der Waals surface area contributed by atoms with E-state index in [-0.39, 0.29) is 6.09 Å². The van der Waals surface area contributed by atoms with Crippen molar-refractivity contribution in [2.45, 2.75) is 25.4 Å². The number of ether oxygens (including phenoxy) is 2. The molecule has 0 aromatic carbocycles. The first-order valence-electron chi connectivity index (χ1n) is 8.08. The van der Waals surface area contributed by atoms with E-state index in [0.717, 1.165) is 23.9 Å². The van der Waals surface area contributed by atoms with Crippen LogP contribution in [0, 0.1) is 0 Å². The number of fused-ring (bicyclic) bond motifs is 1. The van der Waals surface area contributed by atoms with E-state index in [2.05, 4.69) is 9.97 Å². The number of cyclic esters (lactones) is 1. The summed E-state index contributed by atoms with van der Waals surface area (Å²) in [5.74, 6) is 0.497. The highest BCUT2D eigenvalue weighted by Gasteiger charge is 2.21. The summed E-state index contributed by atoms with van der Waals surface area (Å²) in [5, 5.41) is 10.5. The smallest absolute Gasteiger partial charge is 0.409 e. The number of carbonyl (C=O) groups is 1. The van der Waals surface area contributed by atoms with Gasteiger partial charge in [0.05, 0.1) is 30.8 Å². The molecule has 1 atom stereocenters. The van der Waals surface area contributed by atoms with Gasteiger partial charge >= 0.3 is 6.09 Å². The lowest BCUT2D eigenvalue weighted by Crippen LogP contribution is -2.25. The van der Waals surface area contributed by atoms with Crippen LogP contribution in [-0.4, -0.2) is 52.9 Å². The highest BCUT2D eigenvalue weighted by molar-refractivity contribution is 5.78. The molecule has 1 fully saturated rings. The molecule has 2 aromatic heterocycles. The van der Waals surface area contributed by atoms with Crippen LogP contribution in [0.4, 0.5) is 4.79 Å². The Morgan fingerprint density at radius 3 is 3.00 bits per heavy atom. The first kappa shape index (κ1) is 16.4. The summed E-state index contributed by atoms with van der Waals surface area (Å²) in [5.41, 5.74) is 2.14. The molecule has 1 amide bonds. The third kappa shape index (κ3) is 3.56. The normalized spacial score (nSPS) is 15.6. The van der Waals surface area contributed by atoms with Gasteiger partial charge in [0.1, 0.15) is 6.61 Å². The van der Waals surface area contributed by atoms with E-state index < -0.39 is 6.10 Å². The van der Waals surface area contributed by atoms with Crippen molar-refractivity contribution in [2.75, 3.05) is 26.8 Å². The Labute approximate surface area is 140 Å². The first-order chi connectivity index (χ1) is 11.7. The summed E-state index contributed by atoms with van der Waals surface area (Å²) < 4.78 is 10.0. The fourth-order valence-corrected chi connectivity index (χ4v) is 2.83. The molecule has 3 rings (SSSR count). The van der Waals surface area contributed by atoms with Crippen LogP contribution in [0.15, 0.2) is 24.4 Å². The standard InChI is InChI=1S/C17H21N3O4/c1-23-15-6-5-13-16(19-15)12(7-8-18-13)14(21)4-2-3-9-20-10-11-24-17(20)22/h5-8,14,21H,2-4,9-11H2,1H3. The van der Waals surface area contributed by atoms with Crippen molar-refractivity contribution in [3.8, 4) is 5.88 Å². The lowest BCUT2D eigenvalue weighted by Gasteiger charge is -2.15. The zero-order valence-electron chi connectivity index (χ0n) is 13.6. The molecular weight excluding hydrogens is 310 g/mol. The van der Waals surface area contributed by atoms with Crippen LogP contribution >= 0.6 is 0 Å². The first-order valence-corrected chi connectivity index (χ1v) is 8.08. The van der Waals surface area contributed by atoms with Crippen LogP contribution in [0.5, 0.6) is 5.88 Å². The van der Waals surface area contributed by atoms with Crippen molar-refractivity contribution >= 4 is 17.1 Å². The second-order valence-electron chi connectivity index (χ2n) is 5.73. The van der Waals surface area contributed by atoms with E-state index in [4.69, 9.17) is 9.47 Å². The Kier molecular flexibility index (Phi) is 5.10. The second-order valence-corrected chi connectivity index (χ2v) is 5.73. The van der Waals surface area contributed by atoms with Crippen LogP contribution in [-0.2, 0) is 4.74 Å². The lowest BCUT2D eigenvalue weighted by atomic mass is 10.0.